The molecular weight excluding hydrogens is 637 g/mol. The predicted molar refractivity (Wildman–Crippen MR) is 171 cm³/mol. The molecule has 1 aromatic carbocycles. The van der Waals surface area contributed by atoms with E-state index >= 15 is 4.39 Å². The summed E-state index contributed by atoms with van der Waals surface area (Å²) in [6, 6.07) is 2.78. The third kappa shape index (κ3) is 4.90. The van der Waals surface area contributed by atoms with Crippen LogP contribution in [0.3, 0.4) is 0 Å². The molecular formula is C31H31ClFN7O5S. The van der Waals surface area contributed by atoms with E-state index in [9.17, 15) is 23.1 Å². The molecule has 5 heterocycles. The van der Waals surface area contributed by atoms with Gasteiger partial charge in [-0.3, -0.25) is 4.79 Å². The second-order valence-corrected chi connectivity index (χ2v) is 14.3. The number of rotatable bonds is 5. The van der Waals surface area contributed by atoms with E-state index in [4.69, 9.17) is 11.6 Å². The van der Waals surface area contributed by atoms with Gasteiger partial charge in [0.1, 0.15) is 28.6 Å². The van der Waals surface area contributed by atoms with Crippen molar-refractivity contribution in [3.63, 3.8) is 0 Å². The minimum Gasteiger partial charge on any atom is -0.507 e. The van der Waals surface area contributed by atoms with Crippen LogP contribution in [0.4, 0.5) is 10.2 Å². The van der Waals surface area contributed by atoms with Gasteiger partial charge in [-0.05, 0) is 30.0 Å². The summed E-state index contributed by atoms with van der Waals surface area (Å²) in [6.07, 6.45) is 2.55. The van der Waals surface area contributed by atoms with Crippen molar-refractivity contribution in [1.29, 1.82) is 0 Å². The Morgan fingerprint density at radius 1 is 1.13 bits per heavy atom. The SMILES string of the molecule is C=CC(=O)N1CCN2c3nc(=O)n(-c4c(C(C)C)ncnc4C(C)C)c4nc(-c5c(O)cccc5F)c(Cl)c(c34)S(=O)(=O)CC2C1. The van der Waals surface area contributed by atoms with Gasteiger partial charge in [-0.25, -0.2) is 37.1 Å². The molecule has 12 nitrogen and oxygen atoms in total. The van der Waals surface area contributed by atoms with Crippen molar-refractivity contribution in [3.8, 4) is 22.7 Å². The number of carbonyl (C=O) groups excluding carboxylic acids is 1. The molecule has 1 unspecified atom stereocenters. The van der Waals surface area contributed by atoms with Crippen LogP contribution in [0.25, 0.3) is 28.0 Å². The van der Waals surface area contributed by atoms with E-state index in [-0.39, 0.29) is 65.6 Å². The van der Waals surface area contributed by atoms with Crippen LogP contribution in [0.1, 0.15) is 50.9 Å². The molecule has 240 valence electrons. The second-order valence-electron chi connectivity index (χ2n) is 11.9. The number of aromatic hydroxyl groups is 1. The summed E-state index contributed by atoms with van der Waals surface area (Å²) in [5, 5.41) is 10.3. The summed E-state index contributed by atoms with van der Waals surface area (Å²) in [5.41, 5.74) is -0.519. The Morgan fingerprint density at radius 3 is 2.41 bits per heavy atom. The molecule has 1 atom stereocenters. The first-order chi connectivity index (χ1) is 21.8. The monoisotopic (exact) mass is 667 g/mol. The lowest BCUT2D eigenvalue weighted by atomic mass is 10.0. The lowest BCUT2D eigenvalue weighted by Crippen LogP contribution is -2.57. The van der Waals surface area contributed by atoms with Gasteiger partial charge in [-0.2, -0.15) is 4.98 Å². The maximum Gasteiger partial charge on any atom is 0.355 e. The number of carbonyl (C=O) groups is 1. The number of phenolic OH excluding ortho intramolecular Hbond substituents is 1. The van der Waals surface area contributed by atoms with Gasteiger partial charge in [-0.15, -0.1) is 0 Å². The Balaban J connectivity index is 1.81. The molecule has 0 spiro atoms. The molecule has 1 saturated heterocycles. The highest BCUT2D eigenvalue weighted by atomic mass is 35.5. The standard InChI is InChI=1S/C31H31ClFN7O5S/c1-6-20(42)38-10-11-39-17(12-38)13-46(44,45)28-22-29(39)37-31(43)40(27-24(15(2)3)34-14-35-25(27)16(4)5)30(22)36-26(23(28)32)21-18(33)8-7-9-19(21)41/h6-9,14-17,41H,1,10-13H2,2-5H3. The quantitative estimate of drug-likeness (QED) is 0.310. The molecule has 3 aromatic heterocycles. The third-order valence-corrected chi connectivity index (χ3v) is 10.6. The van der Waals surface area contributed by atoms with E-state index < -0.39 is 54.4 Å². The fraction of sp³-hybridized carbons (Fsp3) is 0.355. The minimum absolute atomic E-state index is 0.0118. The average molecular weight is 668 g/mol. The van der Waals surface area contributed by atoms with Gasteiger partial charge in [-0.1, -0.05) is 51.9 Å². The van der Waals surface area contributed by atoms with Crippen molar-refractivity contribution in [2.24, 2.45) is 0 Å². The van der Waals surface area contributed by atoms with Gasteiger partial charge in [0.25, 0.3) is 0 Å². The first kappa shape index (κ1) is 31.5. The van der Waals surface area contributed by atoms with Crippen LogP contribution in [-0.4, -0.2) is 80.3 Å². The van der Waals surface area contributed by atoms with Gasteiger partial charge in [0.15, 0.2) is 15.5 Å². The number of piperazine rings is 1. The third-order valence-electron chi connectivity index (χ3n) is 8.29. The molecule has 0 radical (unpaired) electrons. The zero-order valence-corrected chi connectivity index (χ0v) is 27.1. The largest absolute Gasteiger partial charge is 0.507 e. The predicted octanol–water partition coefficient (Wildman–Crippen LogP) is 3.97. The topological polar surface area (TPSA) is 151 Å². The Hall–Kier alpha value is -4.43. The van der Waals surface area contributed by atoms with Crippen molar-refractivity contribution in [3.05, 3.63) is 69.9 Å². The summed E-state index contributed by atoms with van der Waals surface area (Å²) in [5.74, 6) is -2.69. The first-order valence-electron chi connectivity index (χ1n) is 14.7. The number of fused-ring (bicyclic) bond motifs is 2. The maximum absolute atomic E-state index is 15.4. The van der Waals surface area contributed by atoms with Crippen LogP contribution < -0.4 is 10.6 Å². The summed E-state index contributed by atoms with van der Waals surface area (Å²) < 4.78 is 45.3. The van der Waals surface area contributed by atoms with E-state index in [1.807, 2.05) is 27.7 Å². The highest BCUT2D eigenvalue weighted by molar-refractivity contribution is 7.91. The van der Waals surface area contributed by atoms with Crippen molar-refractivity contribution in [2.45, 2.75) is 50.5 Å². The number of sulfone groups is 1. The van der Waals surface area contributed by atoms with E-state index in [0.29, 0.717) is 11.4 Å². The van der Waals surface area contributed by atoms with Crippen LogP contribution in [0.5, 0.6) is 5.75 Å². The molecule has 6 rings (SSSR count). The highest BCUT2D eigenvalue weighted by Gasteiger charge is 2.42. The smallest absolute Gasteiger partial charge is 0.355 e. The average Bonchev–Trinajstić information content (AvgIpc) is 3.09. The molecule has 2 aliphatic rings. The maximum atomic E-state index is 15.4. The molecule has 1 amide bonds. The second kappa shape index (κ2) is 11.4. The summed E-state index contributed by atoms with van der Waals surface area (Å²) in [6.45, 7) is 11.5. The van der Waals surface area contributed by atoms with Gasteiger partial charge in [0.2, 0.25) is 5.91 Å². The van der Waals surface area contributed by atoms with Crippen LogP contribution in [0.15, 0.2) is 46.9 Å². The van der Waals surface area contributed by atoms with E-state index in [1.54, 1.807) is 4.90 Å². The molecule has 1 fully saturated rings. The van der Waals surface area contributed by atoms with Gasteiger partial charge < -0.3 is 14.9 Å². The molecule has 1 N–H and O–H groups in total. The Morgan fingerprint density at radius 2 is 1.80 bits per heavy atom. The number of anilines is 1. The zero-order valence-electron chi connectivity index (χ0n) is 25.5. The number of halogens is 2. The van der Waals surface area contributed by atoms with Crippen LogP contribution in [0, 0.1) is 5.82 Å². The Kier molecular flexibility index (Phi) is 7.83. The lowest BCUT2D eigenvalue weighted by molar-refractivity contribution is -0.126. The van der Waals surface area contributed by atoms with E-state index in [0.717, 1.165) is 16.7 Å². The lowest BCUT2D eigenvalue weighted by Gasteiger charge is -2.40. The number of phenols is 1. The fourth-order valence-electron chi connectivity index (χ4n) is 6.22. The summed E-state index contributed by atoms with van der Waals surface area (Å²) >= 11 is 6.87. The van der Waals surface area contributed by atoms with Crippen molar-refractivity contribution in [1.82, 2.24) is 29.4 Å². The normalized spacial score (nSPS) is 17.3. The zero-order chi connectivity index (χ0) is 33.2. The molecule has 4 aromatic rings. The Labute approximate surface area is 269 Å². The summed E-state index contributed by atoms with van der Waals surface area (Å²) in [7, 11) is -4.33. The van der Waals surface area contributed by atoms with E-state index in [1.165, 1.54) is 23.4 Å². The minimum atomic E-state index is -4.33. The number of pyridine rings is 1. The molecule has 0 saturated carbocycles. The molecule has 2 aliphatic heterocycles. The number of benzene rings is 1. The number of hydrogen-bond acceptors (Lipinski definition) is 10. The van der Waals surface area contributed by atoms with Crippen LogP contribution >= 0.6 is 11.6 Å². The fourth-order valence-corrected chi connectivity index (χ4v) is 8.62. The molecule has 0 bridgehead atoms. The number of nitrogens with zero attached hydrogens (tertiary/aromatic N) is 7. The number of amides is 1. The Bertz CT molecular complexity index is 2070. The van der Waals surface area contributed by atoms with Gasteiger partial charge in [0.05, 0.1) is 50.5 Å². The first-order valence-corrected chi connectivity index (χ1v) is 16.7. The van der Waals surface area contributed by atoms with Crippen molar-refractivity contribution in [2.75, 3.05) is 30.3 Å². The van der Waals surface area contributed by atoms with Crippen LogP contribution in [-0.2, 0) is 14.6 Å². The summed E-state index contributed by atoms with van der Waals surface area (Å²) in [4.78, 5) is 47.6. The molecule has 46 heavy (non-hydrogen) atoms. The molecule has 15 heteroatoms. The van der Waals surface area contributed by atoms with Gasteiger partial charge >= 0.3 is 5.69 Å². The van der Waals surface area contributed by atoms with Crippen molar-refractivity contribution >= 4 is 44.2 Å². The number of aromatic nitrogens is 5. The van der Waals surface area contributed by atoms with Gasteiger partial charge in [0, 0.05) is 19.6 Å². The highest BCUT2D eigenvalue weighted by Crippen LogP contribution is 2.46. The van der Waals surface area contributed by atoms with Crippen LogP contribution in [0.2, 0.25) is 5.02 Å². The van der Waals surface area contributed by atoms with E-state index in [2.05, 4.69) is 26.5 Å². The van der Waals surface area contributed by atoms with Crippen molar-refractivity contribution < 1.29 is 22.7 Å². The molecule has 0 aliphatic carbocycles. The number of hydrogen-bond donors (Lipinski definition) is 1.